The lowest BCUT2D eigenvalue weighted by molar-refractivity contribution is -0.199. The molecule has 2 bridgehead atoms. The molecule has 1 aromatic carbocycles. The fourth-order valence-electron chi connectivity index (χ4n) is 5.21. The number of aryl methyl sites for hydroxylation is 1. The Hall–Kier alpha value is -0.505. The molecule has 4 heteroatoms. The minimum atomic E-state index is -0.290. The third-order valence-electron chi connectivity index (χ3n) is 6.78. The largest absolute Gasteiger partial charge is 0.477 e. The van der Waals surface area contributed by atoms with Crippen LogP contribution in [0.15, 0.2) is 24.3 Å². The normalized spacial score (nSPS) is 38.8. The second-order valence-electron chi connectivity index (χ2n) is 8.55. The summed E-state index contributed by atoms with van der Waals surface area (Å²) in [6.45, 7) is 9.12. The smallest absolute Gasteiger partial charge is 0.404 e. The van der Waals surface area contributed by atoms with Gasteiger partial charge in [0.1, 0.15) is 0 Å². The maximum absolute atomic E-state index is 6.68. The van der Waals surface area contributed by atoms with Crippen molar-refractivity contribution in [3.05, 3.63) is 35.4 Å². The summed E-state index contributed by atoms with van der Waals surface area (Å²) in [5, 5.41) is -0.139. The Balaban J connectivity index is 1.48. The molecule has 0 N–H and O–H groups in total. The molecule has 2 nitrogen and oxygen atoms in total. The van der Waals surface area contributed by atoms with Gasteiger partial charge >= 0.3 is 7.12 Å². The second-order valence-corrected chi connectivity index (χ2v) is 9.11. The van der Waals surface area contributed by atoms with E-state index in [4.69, 9.17) is 20.9 Å². The second kappa shape index (κ2) is 5.24. The highest BCUT2D eigenvalue weighted by molar-refractivity contribution is 6.60. The van der Waals surface area contributed by atoms with Gasteiger partial charge in [-0.25, -0.2) is 0 Å². The molecular formula is C19H26BClO2. The van der Waals surface area contributed by atoms with Gasteiger partial charge in [-0.1, -0.05) is 43.7 Å². The Labute approximate surface area is 145 Å². The van der Waals surface area contributed by atoms with Crippen LogP contribution in [0.25, 0.3) is 0 Å². The molecule has 5 atom stereocenters. The quantitative estimate of drug-likeness (QED) is 0.603. The summed E-state index contributed by atoms with van der Waals surface area (Å²) < 4.78 is 12.7. The molecule has 4 fully saturated rings. The van der Waals surface area contributed by atoms with Gasteiger partial charge in [-0.3, -0.25) is 0 Å². The minimum Gasteiger partial charge on any atom is -0.404 e. The standard InChI is InChI=1S/C19H26BClO2/c1-12-6-5-7-13(8-12)9-17(21)20-22-16-11-14-10-15(18(14,2)3)19(16,4)23-20/h5-8,14-17H,9-11H2,1-4H3/t14-,15-,16+,17+,19-/m0/s1. The lowest BCUT2D eigenvalue weighted by Crippen LogP contribution is -2.65. The van der Waals surface area contributed by atoms with Crippen LogP contribution in [0.1, 0.15) is 44.7 Å². The third-order valence-corrected chi connectivity index (χ3v) is 7.14. The average Bonchev–Trinajstić information content (AvgIpc) is 2.84. The molecule has 124 valence electrons. The average molecular weight is 333 g/mol. The van der Waals surface area contributed by atoms with Gasteiger partial charge in [-0.15, -0.1) is 11.6 Å². The molecule has 4 aliphatic rings. The minimum absolute atomic E-state index is 0.139. The highest BCUT2D eigenvalue weighted by Gasteiger charge is 2.68. The van der Waals surface area contributed by atoms with E-state index in [2.05, 4.69) is 52.0 Å². The molecule has 1 heterocycles. The van der Waals surface area contributed by atoms with E-state index >= 15 is 0 Å². The summed E-state index contributed by atoms with van der Waals surface area (Å²) in [5.41, 5.74) is 2.73. The van der Waals surface area contributed by atoms with Crippen LogP contribution in [0.3, 0.4) is 0 Å². The van der Waals surface area contributed by atoms with Gasteiger partial charge in [-0.05, 0) is 55.9 Å². The predicted octanol–water partition coefficient (Wildman–Crippen LogP) is 4.41. The first-order chi connectivity index (χ1) is 10.8. The van der Waals surface area contributed by atoms with Gasteiger partial charge in [0.2, 0.25) is 0 Å². The molecule has 5 rings (SSSR count). The van der Waals surface area contributed by atoms with E-state index in [0.29, 0.717) is 11.3 Å². The molecule has 1 aromatic rings. The number of halogens is 1. The Kier molecular flexibility index (Phi) is 3.65. The Morgan fingerprint density at radius 2 is 2.09 bits per heavy atom. The molecule has 23 heavy (non-hydrogen) atoms. The maximum Gasteiger partial charge on any atom is 0.477 e. The van der Waals surface area contributed by atoms with E-state index in [-0.39, 0.29) is 24.1 Å². The topological polar surface area (TPSA) is 18.5 Å². The molecular weight excluding hydrogens is 306 g/mol. The molecule has 0 aromatic heterocycles. The first kappa shape index (κ1) is 16.0. The van der Waals surface area contributed by atoms with Crippen LogP contribution in [0, 0.1) is 24.2 Å². The zero-order valence-electron chi connectivity index (χ0n) is 14.5. The highest BCUT2D eigenvalue weighted by Crippen LogP contribution is 2.65. The molecule has 1 aliphatic heterocycles. The van der Waals surface area contributed by atoms with Gasteiger partial charge < -0.3 is 9.31 Å². The molecule has 0 radical (unpaired) electrons. The van der Waals surface area contributed by atoms with E-state index in [1.807, 2.05) is 0 Å². The van der Waals surface area contributed by atoms with Crippen LogP contribution in [0.4, 0.5) is 0 Å². The van der Waals surface area contributed by atoms with E-state index in [0.717, 1.165) is 18.8 Å². The molecule has 1 saturated heterocycles. The Morgan fingerprint density at radius 1 is 1.30 bits per heavy atom. The van der Waals surface area contributed by atoms with Gasteiger partial charge in [0.05, 0.1) is 17.0 Å². The summed E-state index contributed by atoms with van der Waals surface area (Å²) in [5.74, 6) is 1.37. The Bertz CT molecular complexity index is 619. The van der Waals surface area contributed by atoms with Crippen LogP contribution < -0.4 is 0 Å². The first-order valence-electron chi connectivity index (χ1n) is 8.83. The summed E-state index contributed by atoms with van der Waals surface area (Å²) >= 11 is 6.68. The van der Waals surface area contributed by atoms with Gasteiger partial charge in [0.15, 0.2) is 0 Å². The van der Waals surface area contributed by atoms with Gasteiger partial charge in [0, 0.05) is 0 Å². The van der Waals surface area contributed by atoms with Crippen LogP contribution in [0.5, 0.6) is 0 Å². The van der Waals surface area contributed by atoms with E-state index in [9.17, 15) is 0 Å². The van der Waals surface area contributed by atoms with Crippen molar-refractivity contribution in [2.24, 2.45) is 17.3 Å². The van der Waals surface area contributed by atoms with Crippen molar-refractivity contribution in [2.75, 3.05) is 0 Å². The van der Waals surface area contributed by atoms with E-state index in [1.165, 1.54) is 17.5 Å². The zero-order chi connectivity index (χ0) is 16.4. The summed E-state index contributed by atoms with van der Waals surface area (Å²) in [4.78, 5) is 0. The maximum atomic E-state index is 6.68. The number of benzene rings is 1. The fourth-order valence-corrected chi connectivity index (χ4v) is 5.50. The lowest BCUT2D eigenvalue weighted by atomic mass is 9.43. The van der Waals surface area contributed by atoms with Crippen molar-refractivity contribution in [3.8, 4) is 0 Å². The predicted molar refractivity (Wildman–Crippen MR) is 94.6 cm³/mol. The van der Waals surface area contributed by atoms with Crippen molar-refractivity contribution in [1.82, 2.24) is 0 Å². The Morgan fingerprint density at radius 3 is 2.78 bits per heavy atom. The zero-order valence-corrected chi connectivity index (χ0v) is 15.3. The number of hydrogen-bond acceptors (Lipinski definition) is 2. The van der Waals surface area contributed by atoms with Crippen molar-refractivity contribution < 1.29 is 9.31 Å². The number of alkyl halides is 1. The monoisotopic (exact) mass is 332 g/mol. The molecule has 3 saturated carbocycles. The number of rotatable bonds is 3. The van der Waals surface area contributed by atoms with Gasteiger partial charge in [-0.2, -0.15) is 0 Å². The van der Waals surface area contributed by atoms with Crippen molar-refractivity contribution in [3.63, 3.8) is 0 Å². The van der Waals surface area contributed by atoms with Gasteiger partial charge in [0.25, 0.3) is 0 Å². The summed E-state index contributed by atoms with van der Waals surface area (Å²) in [6, 6.07) is 8.52. The summed E-state index contributed by atoms with van der Waals surface area (Å²) in [6.07, 6.45) is 3.39. The van der Waals surface area contributed by atoms with Crippen LogP contribution in [-0.2, 0) is 15.7 Å². The first-order valence-corrected chi connectivity index (χ1v) is 9.27. The van der Waals surface area contributed by atoms with Crippen LogP contribution >= 0.6 is 11.6 Å². The molecule has 0 spiro atoms. The van der Waals surface area contributed by atoms with E-state index in [1.54, 1.807) is 0 Å². The highest BCUT2D eigenvalue weighted by atomic mass is 35.5. The lowest BCUT2D eigenvalue weighted by Gasteiger charge is -2.64. The van der Waals surface area contributed by atoms with Crippen molar-refractivity contribution >= 4 is 18.7 Å². The van der Waals surface area contributed by atoms with Crippen molar-refractivity contribution in [1.29, 1.82) is 0 Å². The van der Waals surface area contributed by atoms with Crippen LogP contribution in [0.2, 0.25) is 0 Å². The molecule has 0 unspecified atom stereocenters. The van der Waals surface area contributed by atoms with E-state index < -0.39 is 0 Å². The van der Waals surface area contributed by atoms with Crippen molar-refractivity contribution in [2.45, 2.75) is 63.9 Å². The molecule has 0 amide bonds. The third kappa shape index (κ3) is 2.39. The SMILES string of the molecule is Cc1cccc(C[C@@H](Cl)B2O[C@@H]3C[C@@H]4C[C@@H](C4(C)C)[C@]3(C)O2)c1. The van der Waals surface area contributed by atoms with Crippen LogP contribution in [-0.4, -0.2) is 24.1 Å². The molecule has 3 aliphatic carbocycles. The fraction of sp³-hybridized carbons (Fsp3) is 0.684. The summed E-state index contributed by atoms with van der Waals surface area (Å²) in [7, 11) is -0.290. The number of hydrogen-bond donors (Lipinski definition) is 0.